The minimum absolute atomic E-state index is 0.0944. The molecule has 0 amide bonds. The molecule has 2 saturated heterocycles. The fourth-order valence-corrected chi connectivity index (χ4v) is 9.55. The monoisotopic (exact) mass is 866 g/mol. The molecule has 0 aromatic carbocycles. The van der Waals surface area contributed by atoms with E-state index >= 15 is 0 Å². The van der Waals surface area contributed by atoms with E-state index in [0.29, 0.717) is 11.4 Å². The highest BCUT2D eigenvalue weighted by Gasteiger charge is 2.53. The molecular weight excluding hydrogens is 816 g/mol. The second-order valence-electron chi connectivity index (χ2n) is 16.6. The Morgan fingerprint density at radius 3 is 1.71 bits per heavy atom. The molecule has 4 aliphatic rings. The number of carboxylic acid groups (broad SMARTS) is 8. The van der Waals surface area contributed by atoms with E-state index in [1.54, 1.807) is 26.0 Å². The summed E-state index contributed by atoms with van der Waals surface area (Å²) in [6, 6.07) is -1.99. The van der Waals surface area contributed by atoms with Crippen LogP contribution in [0.1, 0.15) is 101 Å². The van der Waals surface area contributed by atoms with Crippen molar-refractivity contribution in [2.45, 2.75) is 103 Å². The number of rotatable bonds is 20. The zero-order chi connectivity index (χ0) is 45.8. The highest BCUT2D eigenvalue weighted by Crippen LogP contribution is 2.53. The first-order chi connectivity index (χ1) is 29.0. The average Bonchev–Trinajstić information content (AvgIpc) is 3.77. The summed E-state index contributed by atoms with van der Waals surface area (Å²) >= 11 is 0. The normalized spacial score (nSPS) is 25.0. The van der Waals surface area contributed by atoms with Crippen molar-refractivity contribution in [1.29, 1.82) is 0 Å². The number of nitrogens with one attached hydrogen (secondary N) is 4. The third-order valence-corrected chi connectivity index (χ3v) is 12.4. The molecule has 334 valence electrons. The SMILES string of the molecule is CC1(CC(=O)O)C2=CC3NC(=Cc4[nH]c(c(CC(=O)O)c4CCC(=O)O)C=C4NC(C=C(N2)C1CCC(=O)O)C(C)(CC(=O)O)C4CCC(=O)O)C(CCC(=O)O)=C3CC(=O)O. The highest BCUT2D eigenvalue weighted by molar-refractivity contribution is 5.79. The molecule has 1 aromatic rings. The van der Waals surface area contributed by atoms with E-state index in [0.717, 1.165) is 0 Å². The Balaban J connectivity index is 1.94. The van der Waals surface area contributed by atoms with Gasteiger partial charge in [-0.2, -0.15) is 0 Å². The minimum Gasteiger partial charge on any atom is -0.481 e. The number of hydrogen-bond acceptors (Lipinski definition) is 11. The lowest BCUT2D eigenvalue weighted by Crippen LogP contribution is -2.38. The van der Waals surface area contributed by atoms with Crippen LogP contribution in [0.5, 0.6) is 0 Å². The first kappa shape index (κ1) is 46.2. The molecule has 0 saturated carbocycles. The van der Waals surface area contributed by atoms with Crippen molar-refractivity contribution in [3.8, 4) is 0 Å². The van der Waals surface area contributed by atoms with Crippen molar-refractivity contribution in [3.05, 3.63) is 68.6 Å². The van der Waals surface area contributed by atoms with Crippen LogP contribution in [-0.2, 0) is 51.2 Å². The Hall–Kier alpha value is -6.86. The molecule has 2 fully saturated rings. The van der Waals surface area contributed by atoms with Gasteiger partial charge in [-0.25, -0.2) is 0 Å². The van der Waals surface area contributed by atoms with Crippen molar-refractivity contribution in [2.75, 3.05) is 0 Å². The summed E-state index contributed by atoms with van der Waals surface area (Å²) in [5.41, 5.74) is -0.407. The van der Waals surface area contributed by atoms with Crippen LogP contribution in [0.4, 0.5) is 0 Å². The number of aliphatic carboxylic acids is 8. The van der Waals surface area contributed by atoms with Gasteiger partial charge in [0.2, 0.25) is 0 Å². The summed E-state index contributed by atoms with van der Waals surface area (Å²) < 4.78 is 0. The first-order valence-corrected chi connectivity index (χ1v) is 19.9. The minimum atomic E-state index is -1.39. The molecule has 0 radical (unpaired) electrons. The lowest BCUT2D eigenvalue weighted by atomic mass is 9.68. The Labute approximate surface area is 353 Å². The molecule has 0 aliphatic carbocycles. The zero-order valence-electron chi connectivity index (χ0n) is 33.9. The van der Waals surface area contributed by atoms with Crippen LogP contribution < -0.4 is 16.0 Å². The van der Waals surface area contributed by atoms with Crippen LogP contribution >= 0.6 is 0 Å². The standard InChI is InChI=1S/C42H50N4O16/c1-41(17-39(59)60)23(5-9-35(51)52)29-14-27-21(11-37(55)56)19(3-7-33(47)48)25(43-27)13-26-20(4-8-34(49)50)22(12-38(57)58)28(44-26)15-31-42(2,18-40(61)62)24(6-10-36(53)54)30(46-31)16-32(41)45-29/h13-16,23-24,28,32,43-46H,3-12,17-18H2,1-2H3,(H,47,48)(H,49,50)(H,51,52)(H,53,54)(H,55,56)(H,57,58)(H,59,60)(H,61,62). The van der Waals surface area contributed by atoms with Gasteiger partial charge in [-0.05, 0) is 72.3 Å². The van der Waals surface area contributed by atoms with Gasteiger partial charge in [-0.3, -0.25) is 38.4 Å². The van der Waals surface area contributed by atoms with Crippen molar-refractivity contribution < 1.29 is 79.2 Å². The van der Waals surface area contributed by atoms with Gasteiger partial charge in [0.15, 0.2) is 0 Å². The van der Waals surface area contributed by atoms with E-state index < -0.39 is 134 Å². The van der Waals surface area contributed by atoms with Crippen molar-refractivity contribution >= 4 is 59.9 Å². The number of aromatic nitrogens is 1. The van der Waals surface area contributed by atoms with Crippen LogP contribution in [0.15, 0.2) is 46.1 Å². The maximum atomic E-state index is 12.6. The summed E-state index contributed by atoms with van der Waals surface area (Å²) in [4.78, 5) is 101. The molecule has 6 unspecified atom stereocenters. The van der Waals surface area contributed by atoms with Gasteiger partial charge in [0.1, 0.15) is 0 Å². The summed E-state index contributed by atoms with van der Waals surface area (Å²) in [7, 11) is 0. The lowest BCUT2D eigenvalue weighted by Gasteiger charge is -2.34. The first-order valence-electron chi connectivity index (χ1n) is 19.9. The Kier molecular flexibility index (Phi) is 13.7. The second kappa shape index (κ2) is 18.4. The molecule has 12 N–H and O–H groups in total. The number of hydrogen-bond donors (Lipinski definition) is 12. The molecule has 5 rings (SSSR count). The molecule has 5 heterocycles. The van der Waals surface area contributed by atoms with E-state index in [4.69, 9.17) is 0 Å². The van der Waals surface area contributed by atoms with Crippen LogP contribution in [0.2, 0.25) is 0 Å². The maximum absolute atomic E-state index is 12.6. The molecule has 0 spiro atoms. The van der Waals surface area contributed by atoms with Gasteiger partial charge in [-0.15, -0.1) is 0 Å². The number of allylic oxidation sites excluding steroid dienone is 4. The smallest absolute Gasteiger partial charge is 0.307 e. The van der Waals surface area contributed by atoms with E-state index in [2.05, 4.69) is 20.9 Å². The van der Waals surface area contributed by atoms with Crippen molar-refractivity contribution in [3.63, 3.8) is 0 Å². The quantitative estimate of drug-likeness (QED) is 0.0895. The van der Waals surface area contributed by atoms with Gasteiger partial charge in [0.25, 0.3) is 0 Å². The molecule has 62 heavy (non-hydrogen) atoms. The van der Waals surface area contributed by atoms with Crippen LogP contribution in [-0.4, -0.2) is 106 Å². The van der Waals surface area contributed by atoms with E-state index in [9.17, 15) is 79.2 Å². The van der Waals surface area contributed by atoms with Crippen LogP contribution in [0.25, 0.3) is 12.2 Å². The predicted molar refractivity (Wildman–Crippen MR) is 215 cm³/mol. The van der Waals surface area contributed by atoms with Gasteiger partial charge in [0.05, 0.1) is 37.8 Å². The summed E-state index contributed by atoms with van der Waals surface area (Å²) in [6.45, 7) is 3.24. The van der Waals surface area contributed by atoms with E-state index in [-0.39, 0.29) is 70.7 Å². The number of H-pyrrole nitrogens is 1. The second-order valence-corrected chi connectivity index (χ2v) is 16.6. The molecule has 6 atom stereocenters. The Morgan fingerprint density at radius 1 is 0.581 bits per heavy atom. The number of carboxylic acids is 8. The summed E-state index contributed by atoms with van der Waals surface area (Å²) in [6.07, 6.45) is 1.61. The van der Waals surface area contributed by atoms with Gasteiger partial charge in [-0.1, -0.05) is 13.8 Å². The predicted octanol–water partition coefficient (Wildman–Crippen LogP) is 3.23. The molecular formula is C42H50N4O16. The number of aromatic amines is 1. The van der Waals surface area contributed by atoms with E-state index in [1.165, 1.54) is 12.2 Å². The van der Waals surface area contributed by atoms with Crippen molar-refractivity contribution in [1.82, 2.24) is 20.9 Å². The van der Waals surface area contributed by atoms with Crippen molar-refractivity contribution in [2.24, 2.45) is 22.7 Å². The third kappa shape index (κ3) is 10.2. The van der Waals surface area contributed by atoms with E-state index in [1.807, 2.05) is 0 Å². The number of carbonyl (C=O) groups is 8. The summed E-state index contributed by atoms with van der Waals surface area (Å²) in [5.74, 6) is -11.5. The molecule has 20 heteroatoms. The fourth-order valence-electron chi connectivity index (χ4n) is 9.55. The molecule has 1 aromatic heterocycles. The van der Waals surface area contributed by atoms with Gasteiger partial charge >= 0.3 is 47.8 Å². The van der Waals surface area contributed by atoms with Crippen LogP contribution in [0.3, 0.4) is 0 Å². The van der Waals surface area contributed by atoms with Gasteiger partial charge in [0, 0.05) is 82.5 Å². The Morgan fingerprint density at radius 2 is 1.15 bits per heavy atom. The average molecular weight is 867 g/mol. The third-order valence-electron chi connectivity index (χ3n) is 12.4. The molecule has 8 bridgehead atoms. The largest absolute Gasteiger partial charge is 0.481 e. The Bertz CT molecular complexity index is 2250. The fraction of sp³-hybridized carbons (Fsp3) is 0.476. The van der Waals surface area contributed by atoms with Gasteiger partial charge < -0.3 is 61.8 Å². The van der Waals surface area contributed by atoms with Crippen LogP contribution in [0, 0.1) is 22.7 Å². The molecule has 4 aliphatic heterocycles. The lowest BCUT2D eigenvalue weighted by molar-refractivity contribution is -0.141. The zero-order valence-corrected chi connectivity index (χ0v) is 33.9. The topological polar surface area (TPSA) is 350 Å². The maximum Gasteiger partial charge on any atom is 0.307 e. The number of fused-ring (bicyclic) bond motifs is 8. The molecule has 20 nitrogen and oxygen atoms in total. The highest BCUT2D eigenvalue weighted by atomic mass is 16.4. The summed E-state index contributed by atoms with van der Waals surface area (Å²) in [5, 5.41) is 89.7.